The fourth-order valence-electron chi connectivity index (χ4n) is 15.3. The van der Waals surface area contributed by atoms with Crippen molar-refractivity contribution in [3.8, 4) is 0 Å². The van der Waals surface area contributed by atoms with Crippen LogP contribution in [0.1, 0.15) is 219 Å². The first kappa shape index (κ1) is 73.9. The maximum absolute atomic E-state index is 14.4. The van der Waals surface area contributed by atoms with E-state index in [1.54, 1.807) is 13.0 Å². The molecule has 12 heterocycles. The summed E-state index contributed by atoms with van der Waals surface area (Å²) in [7, 11) is 0. The molecule has 4 saturated heterocycles. The van der Waals surface area contributed by atoms with Crippen LogP contribution in [0.2, 0.25) is 5.02 Å². The highest BCUT2D eigenvalue weighted by Gasteiger charge is 2.36. The largest absolute Gasteiger partial charge is 0.334 e. The SMILES string of the molecule is Cc1nc(Nc2cc(C3CC3)[nH]n2)nc(N2CCCC2c2ccc(Cl)cc2)n1.Cc1nc(Nc2cc(C3CC3)[nH]n2)nc(N2CCCC2c2ccc(F)cc2)n1.Cc1nc(Nc2cc(C3CC3)[nH]n2)nc(N2CCCC2c2ccc(F)cc2F)n1.Cc1nc(Nc2cc(C3CC3)[nH]n2)nc(N2CCCC2c2ccccc2F)n1. The van der Waals surface area contributed by atoms with Crippen molar-refractivity contribution >= 4 is 82.5 Å². The number of nitrogens with zero attached hydrogens (tertiary/aromatic N) is 20. The summed E-state index contributed by atoms with van der Waals surface area (Å²) in [5, 5.41) is 43.0. The van der Waals surface area contributed by atoms with E-state index < -0.39 is 11.6 Å². The van der Waals surface area contributed by atoms with Crippen molar-refractivity contribution in [2.45, 2.75) is 178 Å². The maximum atomic E-state index is 14.4. The van der Waals surface area contributed by atoms with Crippen molar-refractivity contribution in [3.05, 3.63) is 212 Å². The first-order valence-electron chi connectivity index (χ1n) is 39.0. The number of halogens is 5. The lowest BCUT2D eigenvalue weighted by atomic mass is 10.0. The van der Waals surface area contributed by atoms with Crippen LogP contribution in [-0.4, -0.2) is 127 Å². The van der Waals surface area contributed by atoms with E-state index in [0.29, 0.717) is 124 Å². The minimum Gasteiger partial charge on any atom is -0.334 e. The lowest BCUT2D eigenvalue weighted by molar-refractivity contribution is 0.552. The summed E-state index contributed by atoms with van der Waals surface area (Å²) in [6.07, 6.45) is 17.4. The maximum Gasteiger partial charge on any atom is 0.233 e. The lowest BCUT2D eigenvalue weighted by Gasteiger charge is -2.25. The second kappa shape index (κ2) is 32.5. The quantitative estimate of drug-likeness (QED) is 0.0329. The lowest BCUT2D eigenvalue weighted by Crippen LogP contribution is -2.26. The highest BCUT2D eigenvalue weighted by atomic mass is 35.5. The molecule has 8 fully saturated rings. The third kappa shape index (κ3) is 17.9. The van der Waals surface area contributed by atoms with Gasteiger partial charge in [-0.25, -0.2) is 17.6 Å². The number of anilines is 12. The van der Waals surface area contributed by atoms with Gasteiger partial charge >= 0.3 is 0 Å². The fraction of sp³-hybridized carbons (Fsp3) is 0.400. The Hall–Kier alpha value is -11.8. The smallest absolute Gasteiger partial charge is 0.233 e. The molecule has 4 atom stereocenters. The summed E-state index contributed by atoms with van der Waals surface area (Å²) < 4.78 is 55.3. The van der Waals surface area contributed by atoms with Gasteiger partial charge in [-0.2, -0.15) is 80.2 Å². The van der Waals surface area contributed by atoms with Crippen LogP contribution in [0.4, 0.5) is 88.4 Å². The minimum absolute atomic E-state index is 0.0669. The van der Waals surface area contributed by atoms with Gasteiger partial charge in [0.2, 0.25) is 47.6 Å². The number of hydrogen-bond acceptors (Lipinski definition) is 24. The molecule has 4 aliphatic carbocycles. The molecular formula is C80H87ClF4N28. The van der Waals surface area contributed by atoms with Crippen LogP contribution in [0.3, 0.4) is 0 Å². The van der Waals surface area contributed by atoms with Crippen molar-refractivity contribution in [2.24, 2.45) is 0 Å². The average molecular weight is 1550 g/mol. The Kier molecular flexibility index (Phi) is 21.3. The Bertz CT molecular complexity index is 5150. The van der Waals surface area contributed by atoms with Crippen LogP contribution in [-0.2, 0) is 0 Å². The summed E-state index contributed by atoms with van der Waals surface area (Å²) in [4.78, 5) is 62.7. The van der Waals surface area contributed by atoms with E-state index >= 15 is 0 Å². The first-order valence-corrected chi connectivity index (χ1v) is 39.4. The molecule has 0 bridgehead atoms. The standard InChI is InChI=1S/C20H22ClN7.C20H21F2N7.2C20H22FN7/c1-12-22-19(24-18-11-16(26-27-18)13-4-5-13)25-20(23-12)28-10-2-3-17(28)14-6-8-15(21)9-7-14;1-11-23-19(25-18-10-16(27-28-18)12-4-5-12)26-20(24-11)29-8-2-3-17(29)14-7-6-13(21)9-15(14)22;1-12-22-19(24-18-11-16(26-27-18)13-4-5-13)25-20(23-12)28-10-2-3-17(28)14-6-8-15(21)9-7-14;1-12-22-19(24-18-11-16(26-27-18)13-8-9-13)25-20(23-12)28-10-4-7-17(28)14-5-2-3-6-15(14)21/h6-9,11,13,17H,2-5,10H2,1H3,(H2,22,23,24,25,26,27);6-7,9-10,12,17H,2-5,8H2,1H3,(H2,23,24,25,26,27,28);6-9,11,13,17H,2-5,10H2,1H3,(H2,22,23,24,25,26,27);2-3,5-6,11,13,17H,4,7-10H2,1H3,(H2,22,23,24,25,26,27). The molecule has 0 spiro atoms. The van der Waals surface area contributed by atoms with Crippen LogP contribution in [0.25, 0.3) is 0 Å². The van der Waals surface area contributed by atoms with Crippen LogP contribution in [0.5, 0.6) is 0 Å². The first-order chi connectivity index (χ1) is 55.0. The second-order valence-electron chi connectivity index (χ2n) is 30.2. The zero-order valence-electron chi connectivity index (χ0n) is 63.1. The summed E-state index contributed by atoms with van der Waals surface area (Å²) in [5.41, 5.74) is 8.05. The summed E-state index contributed by atoms with van der Waals surface area (Å²) in [6, 6.07) is 33.5. The minimum atomic E-state index is -0.581. The van der Waals surface area contributed by atoms with Gasteiger partial charge in [0.15, 0.2) is 23.3 Å². The Morgan fingerprint density at radius 1 is 0.327 bits per heavy atom. The Morgan fingerprint density at radius 2 is 0.637 bits per heavy atom. The third-order valence-corrected chi connectivity index (χ3v) is 21.7. The number of aromatic nitrogens is 20. The molecular weight excluding hydrogens is 1460 g/mol. The van der Waals surface area contributed by atoms with Crippen molar-refractivity contribution in [1.82, 2.24) is 101 Å². The monoisotopic (exact) mass is 1550 g/mol. The molecule has 8 aliphatic rings. The van der Waals surface area contributed by atoms with E-state index in [1.807, 2.05) is 86.3 Å². The van der Waals surface area contributed by atoms with E-state index in [9.17, 15) is 17.6 Å². The Balaban J connectivity index is 0.000000109. The molecule has 0 amide bonds. The molecule has 33 heteroatoms. The molecule has 4 aliphatic heterocycles. The molecule has 20 rings (SSSR count). The second-order valence-corrected chi connectivity index (χ2v) is 30.6. The zero-order valence-corrected chi connectivity index (χ0v) is 63.8. The van der Waals surface area contributed by atoms with E-state index in [4.69, 9.17) is 11.6 Å². The van der Waals surface area contributed by atoms with Crippen molar-refractivity contribution in [1.29, 1.82) is 0 Å². The number of rotatable bonds is 20. The summed E-state index contributed by atoms with van der Waals surface area (Å²) >= 11 is 6.05. The van der Waals surface area contributed by atoms with Crippen LogP contribution in [0.15, 0.2) is 115 Å². The van der Waals surface area contributed by atoms with Crippen molar-refractivity contribution in [2.75, 3.05) is 67.0 Å². The van der Waals surface area contributed by atoms with E-state index in [-0.39, 0.29) is 35.8 Å². The van der Waals surface area contributed by atoms with Crippen molar-refractivity contribution in [3.63, 3.8) is 0 Å². The number of aromatic amines is 4. The van der Waals surface area contributed by atoms with E-state index in [2.05, 4.69) is 149 Å². The molecule has 4 aromatic carbocycles. The molecule has 8 N–H and O–H groups in total. The van der Waals surface area contributed by atoms with Gasteiger partial charge in [-0.1, -0.05) is 60.1 Å². The number of H-pyrrole nitrogens is 4. The normalized spacial score (nSPS) is 19.2. The van der Waals surface area contributed by atoms with Crippen LogP contribution < -0.4 is 40.9 Å². The molecule has 28 nitrogen and oxygen atoms in total. The topological polar surface area (TPSA) is 330 Å². The molecule has 0 radical (unpaired) electrons. The molecule has 8 aromatic heterocycles. The molecule has 12 aromatic rings. The van der Waals surface area contributed by atoms with E-state index in [0.717, 1.165) is 116 Å². The van der Waals surface area contributed by atoms with Crippen LogP contribution >= 0.6 is 11.6 Å². The molecule has 582 valence electrons. The van der Waals surface area contributed by atoms with Gasteiger partial charge in [-0.05, 0) is 178 Å². The van der Waals surface area contributed by atoms with Gasteiger partial charge in [-0.3, -0.25) is 20.4 Å². The number of aryl methyl sites for hydroxylation is 4. The average Bonchev–Trinajstić information content (AvgIpc) is 1.82. The Morgan fingerprint density at radius 3 is 0.973 bits per heavy atom. The van der Waals surface area contributed by atoms with Gasteiger partial charge in [0.1, 0.15) is 46.6 Å². The fourth-order valence-corrected chi connectivity index (χ4v) is 15.5. The number of nitrogens with one attached hydrogen (secondary N) is 8. The number of benzene rings is 4. The van der Waals surface area contributed by atoms with Gasteiger partial charge < -0.3 is 40.9 Å². The van der Waals surface area contributed by atoms with Gasteiger partial charge in [0.25, 0.3) is 0 Å². The highest BCUT2D eigenvalue weighted by molar-refractivity contribution is 6.30. The molecule has 4 unspecified atom stereocenters. The van der Waals surface area contributed by atoms with E-state index in [1.165, 1.54) is 93.0 Å². The highest BCUT2D eigenvalue weighted by Crippen LogP contribution is 2.45. The third-order valence-electron chi connectivity index (χ3n) is 21.5. The van der Waals surface area contributed by atoms with Gasteiger partial charge in [0.05, 0.1) is 24.2 Å². The zero-order chi connectivity index (χ0) is 77.2. The van der Waals surface area contributed by atoms with Gasteiger partial charge in [0, 0.05) is 119 Å². The predicted molar refractivity (Wildman–Crippen MR) is 422 cm³/mol. The van der Waals surface area contributed by atoms with Crippen LogP contribution in [0, 0.1) is 51.0 Å². The predicted octanol–water partition coefficient (Wildman–Crippen LogP) is 16.7. The molecule has 113 heavy (non-hydrogen) atoms. The summed E-state index contributed by atoms with van der Waals surface area (Å²) in [6.45, 7) is 10.6. The Labute approximate surface area is 654 Å². The van der Waals surface area contributed by atoms with Crippen molar-refractivity contribution < 1.29 is 17.6 Å². The number of hydrogen-bond donors (Lipinski definition) is 8. The van der Waals surface area contributed by atoms with Gasteiger partial charge in [-0.15, -0.1) is 0 Å². The summed E-state index contributed by atoms with van der Waals surface area (Å²) in [5.74, 6) is 10.5. The molecule has 4 saturated carbocycles.